The molecule has 0 saturated heterocycles. The van der Waals surface area contributed by atoms with Crippen LogP contribution in [0.4, 0.5) is 18.9 Å². The van der Waals surface area contributed by atoms with Crippen molar-refractivity contribution in [1.29, 1.82) is 0 Å². The molecule has 0 aliphatic heterocycles. The van der Waals surface area contributed by atoms with Gasteiger partial charge in [0, 0.05) is 5.69 Å². The quantitative estimate of drug-likeness (QED) is 0.636. The summed E-state index contributed by atoms with van der Waals surface area (Å²) in [5.41, 5.74) is 4.22. The van der Waals surface area contributed by atoms with Crippen LogP contribution in [0.15, 0.2) is 35.4 Å². The van der Waals surface area contributed by atoms with Crippen molar-refractivity contribution in [3.8, 4) is 0 Å². The second-order valence-corrected chi connectivity index (χ2v) is 7.55. The van der Waals surface area contributed by atoms with E-state index in [1.54, 1.807) is 13.8 Å². The van der Waals surface area contributed by atoms with E-state index in [1.807, 2.05) is 0 Å². The first-order valence-electron chi connectivity index (χ1n) is 8.82. The number of alkyl halides is 3. The van der Waals surface area contributed by atoms with E-state index in [2.05, 4.69) is 10.3 Å². The minimum absolute atomic E-state index is 0.0434. The van der Waals surface area contributed by atoms with E-state index >= 15 is 0 Å². The highest BCUT2D eigenvalue weighted by Crippen LogP contribution is 2.31. The van der Waals surface area contributed by atoms with E-state index in [0.29, 0.717) is 10.4 Å². The van der Waals surface area contributed by atoms with Gasteiger partial charge in [-0.3, -0.25) is 19.0 Å². The molecule has 1 atom stereocenters. The van der Waals surface area contributed by atoms with Gasteiger partial charge in [0.25, 0.3) is 11.5 Å². The summed E-state index contributed by atoms with van der Waals surface area (Å²) in [6.45, 7) is 3.22. The summed E-state index contributed by atoms with van der Waals surface area (Å²) in [6.07, 6.45) is -3.18. The van der Waals surface area contributed by atoms with Gasteiger partial charge in [-0.05, 0) is 37.1 Å². The van der Waals surface area contributed by atoms with Crippen molar-refractivity contribution in [1.82, 2.24) is 9.55 Å². The molecule has 2 aromatic heterocycles. The van der Waals surface area contributed by atoms with Crippen LogP contribution in [0.1, 0.15) is 40.2 Å². The molecule has 158 valence electrons. The lowest BCUT2D eigenvalue weighted by Gasteiger charge is -2.18. The van der Waals surface area contributed by atoms with E-state index in [-0.39, 0.29) is 22.4 Å². The fraction of sp³-hybridized carbons (Fsp3) is 0.263. The van der Waals surface area contributed by atoms with Gasteiger partial charge in [-0.2, -0.15) is 13.2 Å². The number of thiophene rings is 1. The standard InChI is InChI=1S/C19H17F3N4O3S/c1-3-12(16(28)25-11-6-4-5-10(7-11)19(20,21)22)26-8-24-17-13(18(26)29)9(2)14(30-17)15(23)27/h4-8,12H,3H2,1-2H3,(H2,23,27)(H,25,28). The molecule has 2 amide bonds. The lowest BCUT2D eigenvalue weighted by atomic mass is 10.1. The number of primary amides is 1. The lowest BCUT2D eigenvalue weighted by Crippen LogP contribution is -2.33. The van der Waals surface area contributed by atoms with Crippen molar-refractivity contribution in [2.45, 2.75) is 32.5 Å². The van der Waals surface area contributed by atoms with Gasteiger partial charge in [0.1, 0.15) is 10.9 Å². The molecule has 0 fully saturated rings. The molecule has 1 aromatic carbocycles. The first kappa shape index (κ1) is 21.5. The molecule has 7 nitrogen and oxygen atoms in total. The number of fused-ring (bicyclic) bond motifs is 1. The molecule has 3 N–H and O–H groups in total. The number of carbonyl (C=O) groups excluding carboxylic acids is 2. The number of amides is 2. The highest BCUT2D eigenvalue weighted by atomic mass is 32.1. The topological polar surface area (TPSA) is 107 Å². The Bertz CT molecular complexity index is 1200. The van der Waals surface area contributed by atoms with Crippen molar-refractivity contribution in [2.75, 3.05) is 5.32 Å². The molecule has 0 radical (unpaired) electrons. The van der Waals surface area contributed by atoms with Gasteiger partial charge in [0.15, 0.2) is 0 Å². The number of aromatic nitrogens is 2. The zero-order valence-electron chi connectivity index (χ0n) is 15.9. The van der Waals surface area contributed by atoms with Crippen LogP contribution >= 0.6 is 11.3 Å². The lowest BCUT2D eigenvalue weighted by molar-refractivity contribution is -0.137. The second-order valence-electron chi connectivity index (χ2n) is 6.55. The van der Waals surface area contributed by atoms with Crippen molar-refractivity contribution in [3.05, 3.63) is 57.0 Å². The maximum atomic E-state index is 13.0. The van der Waals surface area contributed by atoms with Gasteiger partial charge >= 0.3 is 6.18 Å². The molecule has 0 aliphatic carbocycles. The van der Waals surface area contributed by atoms with Crippen molar-refractivity contribution in [2.24, 2.45) is 5.73 Å². The summed E-state index contributed by atoms with van der Waals surface area (Å²) in [7, 11) is 0. The zero-order chi connectivity index (χ0) is 22.2. The average molecular weight is 438 g/mol. The Morgan fingerprint density at radius 3 is 2.63 bits per heavy atom. The Morgan fingerprint density at radius 2 is 2.03 bits per heavy atom. The number of rotatable bonds is 5. The number of halogens is 3. The van der Waals surface area contributed by atoms with Gasteiger partial charge in [-0.1, -0.05) is 13.0 Å². The fourth-order valence-corrected chi connectivity index (χ4v) is 4.09. The largest absolute Gasteiger partial charge is 0.416 e. The van der Waals surface area contributed by atoms with Crippen LogP contribution in [0.2, 0.25) is 0 Å². The normalized spacial score (nSPS) is 12.7. The third-order valence-corrected chi connectivity index (χ3v) is 5.80. The predicted octanol–water partition coefficient (Wildman–Crippen LogP) is 3.47. The van der Waals surface area contributed by atoms with Crippen molar-refractivity contribution >= 4 is 39.1 Å². The number of hydrogen-bond acceptors (Lipinski definition) is 5. The summed E-state index contributed by atoms with van der Waals surface area (Å²) < 4.78 is 39.8. The smallest absolute Gasteiger partial charge is 0.365 e. The van der Waals surface area contributed by atoms with Crippen LogP contribution in [0.25, 0.3) is 10.2 Å². The molecule has 3 aromatic rings. The van der Waals surface area contributed by atoms with Gasteiger partial charge in [-0.15, -0.1) is 11.3 Å². The molecule has 0 spiro atoms. The van der Waals surface area contributed by atoms with Gasteiger partial charge in [-0.25, -0.2) is 4.98 Å². The Kier molecular flexibility index (Phi) is 5.66. The third-order valence-electron chi connectivity index (χ3n) is 4.58. The highest BCUT2D eigenvalue weighted by Gasteiger charge is 2.31. The average Bonchev–Trinajstić information content (AvgIpc) is 3.01. The molecule has 2 heterocycles. The molecule has 0 saturated carbocycles. The van der Waals surface area contributed by atoms with E-state index < -0.39 is 35.2 Å². The molecule has 1 unspecified atom stereocenters. The summed E-state index contributed by atoms with van der Waals surface area (Å²) in [4.78, 5) is 41.9. The maximum Gasteiger partial charge on any atom is 0.416 e. The third kappa shape index (κ3) is 3.92. The van der Waals surface area contributed by atoms with E-state index in [1.165, 1.54) is 18.5 Å². The monoisotopic (exact) mass is 438 g/mol. The maximum absolute atomic E-state index is 13.0. The molecule has 0 bridgehead atoms. The molecular formula is C19H17F3N4O3S. The van der Waals surface area contributed by atoms with Crippen molar-refractivity contribution < 1.29 is 22.8 Å². The molecule has 11 heteroatoms. The van der Waals surface area contributed by atoms with Crippen molar-refractivity contribution in [3.63, 3.8) is 0 Å². The summed E-state index contributed by atoms with van der Waals surface area (Å²) in [5.74, 6) is -1.35. The highest BCUT2D eigenvalue weighted by molar-refractivity contribution is 7.20. The zero-order valence-corrected chi connectivity index (χ0v) is 16.7. The second kappa shape index (κ2) is 7.90. The Labute approximate surface area is 172 Å². The minimum atomic E-state index is -4.55. The number of hydrogen-bond donors (Lipinski definition) is 2. The summed E-state index contributed by atoms with van der Waals surface area (Å²) in [6, 6.07) is 3.20. The van der Waals surface area contributed by atoms with Crippen LogP contribution in [-0.2, 0) is 11.0 Å². The number of anilines is 1. The van der Waals surface area contributed by atoms with Crippen LogP contribution in [0.5, 0.6) is 0 Å². The summed E-state index contributed by atoms with van der Waals surface area (Å²) in [5, 5.41) is 2.60. The summed E-state index contributed by atoms with van der Waals surface area (Å²) >= 11 is 0.983. The Hall–Kier alpha value is -3.21. The van der Waals surface area contributed by atoms with Gasteiger partial charge in [0.05, 0.1) is 22.2 Å². The van der Waals surface area contributed by atoms with Gasteiger partial charge < -0.3 is 11.1 Å². The van der Waals surface area contributed by atoms with Crippen LogP contribution < -0.4 is 16.6 Å². The molecule has 0 aliphatic rings. The number of nitrogens with zero attached hydrogens (tertiary/aromatic N) is 2. The number of aryl methyl sites for hydroxylation is 1. The number of carbonyl (C=O) groups is 2. The molecular weight excluding hydrogens is 421 g/mol. The van der Waals surface area contributed by atoms with E-state index in [4.69, 9.17) is 5.73 Å². The van der Waals surface area contributed by atoms with Crippen LogP contribution in [-0.4, -0.2) is 21.4 Å². The number of nitrogens with two attached hydrogens (primary N) is 1. The molecule has 30 heavy (non-hydrogen) atoms. The Balaban J connectivity index is 1.98. The predicted molar refractivity (Wildman–Crippen MR) is 107 cm³/mol. The van der Waals surface area contributed by atoms with E-state index in [0.717, 1.165) is 28.0 Å². The van der Waals surface area contributed by atoms with Crippen LogP contribution in [0.3, 0.4) is 0 Å². The first-order chi connectivity index (χ1) is 14.0. The molecule has 3 rings (SSSR count). The fourth-order valence-electron chi connectivity index (χ4n) is 3.10. The van der Waals surface area contributed by atoms with E-state index in [9.17, 15) is 27.6 Å². The SMILES string of the molecule is CCC(C(=O)Nc1cccc(C(F)(F)F)c1)n1cnc2sc(C(N)=O)c(C)c2c1=O. The number of benzene rings is 1. The first-order valence-corrected chi connectivity index (χ1v) is 9.64. The Morgan fingerprint density at radius 1 is 1.33 bits per heavy atom. The van der Waals surface area contributed by atoms with Crippen LogP contribution in [0, 0.1) is 6.92 Å². The minimum Gasteiger partial charge on any atom is -0.365 e. The van der Waals surface area contributed by atoms with Gasteiger partial charge in [0.2, 0.25) is 5.91 Å². The number of nitrogens with one attached hydrogen (secondary N) is 1.